The van der Waals surface area contributed by atoms with Gasteiger partial charge in [0, 0.05) is 30.2 Å². The first-order valence-corrected chi connectivity index (χ1v) is 15.9. The highest BCUT2D eigenvalue weighted by Crippen LogP contribution is 2.33. The number of pyridine rings is 3. The van der Waals surface area contributed by atoms with E-state index in [9.17, 15) is 13.2 Å². The molecule has 1 N–H and O–H groups in total. The van der Waals surface area contributed by atoms with Gasteiger partial charge in [0.15, 0.2) is 9.84 Å². The van der Waals surface area contributed by atoms with E-state index < -0.39 is 20.5 Å². The first kappa shape index (κ1) is 29.2. The predicted molar refractivity (Wildman–Crippen MR) is 164 cm³/mol. The lowest BCUT2D eigenvalue weighted by molar-refractivity contribution is -0.00545. The van der Waals surface area contributed by atoms with Gasteiger partial charge in [-0.25, -0.2) is 18.4 Å². The number of benzene rings is 1. The third kappa shape index (κ3) is 5.84. The molecule has 3 aromatic heterocycles. The Balaban J connectivity index is 1.20. The van der Waals surface area contributed by atoms with Crippen molar-refractivity contribution in [2.75, 3.05) is 24.6 Å². The Morgan fingerprint density at radius 2 is 1.79 bits per heavy atom. The second-order valence-electron chi connectivity index (χ2n) is 11.9. The maximum atomic E-state index is 13.2. The number of fused-ring (bicyclic) bond motifs is 2. The molecule has 2 aliphatic rings. The van der Waals surface area contributed by atoms with Crippen LogP contribution in [-0.4, -0.2) is 65.9 Å². The molecule has 1 saturated heterocycles. The summed E-state index contributed by atoms with van der Waals surface area (Å²) in [4.78, 5) is 29.7. The molecule has 1 fully saturated rings. The fourth-order valence-corrected chi connectivity index (χ4v) is 7.11. The van der Waals surface area contributed by atoms with Gasteiger partial charge in [-0.05, 0) is 75.7 Å². The zero-order valence-electron chi connectivity index (χ0n) is 24.7. The number of hydrogen-bond donors (Lipinski definition) is 1. The number of amides is 1. The minimum Gasteiger partial charge on any atom is -0.375 e. The molecule has 0 spiro atoms. The van der Waals surface area contributed by atoms with Crippen LogP contribution in [0.25, 0.3) is 22.3 Å². The maximum absolute atomic E-state index is 13.2. The quantitative estimate of drug-likeness (QED) is 0.356. The third-order valence-corrected chi connectivity index (χ3v) is 10.4. The normalized spacial score (nSPS) is 21.2. The van der Waals surface area contributed by atoms with Gasteiger partial charge in [0.1, 0.15) is 5.82 Å². The van der Waals surface area contributed by atoms with E-state index in [0.717, 1.165) is 41.2 Å². The number of morpholine rings is 1. The second kappa shape index (κ2) is 11.3. The van der Waals surface area contributed by atoms with Gasteiger partial charge in [-0.2, -0.15) is 0 Å². The Morgan fingerprint density at radius 1 is 1.02 bits per heavy atom. The van der Waals surface area contributed by atoms with E-state index in [1.807, 2.05) is 36.4 Å². The summed E-state index contributed by atoms with van der Waals surface area (Å²) in [6.45, 7) is 9.38. The Hall–Kier alpha value is -3.93. The Bertz CT molecular complexity index is 1800. The molecule has 0 bridgehead atoms. The third-order valence-electron chi connectivity index (χ3n) is 7.85. The highest BCUT2D eigenvalue weighted by Gasteiger charge is 2.40. The molecule has 2 atom stereocenters. The van der Waals surface area contributed by atoms with Crippen LogP contribution < -0.4 is 10.2 Å². The van der Waals surface area contributed by atoms with E-state index in [-0.39, 0.29) is 42.4 Å². The van der Waals surface area contributed by atoms with Gasteiger partial charge in [-0.3, -0.25) is 9.78 Å². The second-order valence-corrected chi connectivity index (χ2v) is 14.4. The highest BCUT2D eigenvalue weighted by molar-refractivity contribution is 7.92. The monoisotopic (exact) mass is 601 g/mol. The molecule has 2 aliphatic heterocycles. The van der Waals surface area contributed by atoms with Gasteiger partial charge in [-0.1, -0.05) is 12.1 Å². The largest absolute Gasteiger partial charge is 0.375 e. The molecule has 6 rings (SSSR count). The standard InChI is InChI=1S/C32H35N5O5S/c1-20-16-37(17-21(2)42-20)30-7-5-6-26(36-30)27-11-10-23-14-33-25(13-28(23)35-27)15-34-31(38)22-8-9-24-18-41-19-32(3,4)43(39,40)29(24)12-22/h5-14,20-21H,15-19H2,1-4H3,(H,34,38)/t20-,21+. The smallest absolute Gasteiger partial charge is 0.251 e. The fraction of sp³-hybridized carbons (Fsp3) is 0.375. The van der Waals surface area contributed by atoms with Crippen LogP contribution in [0.5, 0.6) is 0 Å². The number of rotatable bonds is 5. The summed E-state index contributed by atoms with van der Waals surface area (Å²) in [6.07, 6.45) is 1.99. The number of sulfone groups is 1. The van der Waals surface area contributed by atoms with Crippen LogP contribution in [0.2, 0.25) is 0 Å². The molecule has 1 aromatic carbocycles. The SMILES string of the molecule is C[C@@H]1CN(c2cccc(-c3ccc4cnc(CNC(=O)c5ccc6c(c5)S(=O)(=O)C(C)(C)COC6)cc4n3)n2)C[C@H](C)O1. The number of carbonyl (C=O) groups excluding carboxylic acids is 1. The van der Waals surface area contributed by atoms with Crippen LogP contribution in [-0.2, 0) is 32.5 Å². The topological polar surface area (TPSA) is 124 Å². The van der Waals surface area contributed by atoms with Crippen molar-refractivity contribution in [3.63, 3.8) is 0 Å². The van der Waals surface area contributed by atoms with E-state index >= 15 is 0 Å². The molecule has 43 heavy (non-hydrogen) atoms. The van der Waals surface area contributed by atoms with Crippen LogP contribution in [0.4, 0.5) is 5.82 Å². The van der Waals surface area contributed by atoms with Crippen molar-refractivity contribution < 1.29 is 22.7 Å². The van der Waals surface area contributed by atoms with Crippen LogP contribution in [0.1, 0.15) is 49.3 Å². The zero-order chi connectivity index (χ0) is 30.4. The van der Waals surface area contributed by atoms with E-state index in [1.54, 1.807) is 32.2 Å². The van der Waals surface area contributed by atoms with E-state index in [0.29, 0.717) is 11.3 Å². The van der Waals surface area contributed by atoms with E-state index in [4.69, 9.17) is 19.4 Å². The Labute approximate surface area is 251 Å². The summed E-state index contributed by atoms with van der Waals surface area (Å²) in [5, 5.41) is 3.73. The molecular formula is C32H35N5O5S. The zero-order valence-corrected chi connectivity index (χ0v) is 25.5. The summed E-state index contributed by atoms with van der Waals surface area (Å²) >= 11 is 0. The molecule has 0 unspecified atom stereocenters. The first-order valence-electron chi connectivity index (χ1n) is 14.4. The van der Waals surface area contributed by atoms with Crippen molar-refractivity contribution >= 4 is 32.5 Å². The van der Waals surface area contributed by atoms with E-state index in [2.05, 4.69) is 29.0 Å². The summed E-state index contributed by atoms with van der Waals surface area (Å²) in [6, 6.07) is 16.4. The molecule has 0 saturated carbocycles. The maximum Gasteiger partial charge on any atom is 0.251 e. The summed E-state index contributed by atoms with van der Waals surface area (Å²) in [7, 11) is -3.68. The van der Waals surface area contributed by atoms with Crippen LogP contribution in [0, 0.1) is 0 Å². The molecule has 4 aromatic rings. The van der Waals surface area contributed by atoms with Crippen LogP contribution in [0.3, 0.4) is 0 Å². The lowest BCUT2D eigenvalue weighted by Gasteiger charge is -2.36. The average Bonchev–Trinajstić information content (AvgIpc) is 3.07. The minimum absolute atomic E-state index is 0.0862. The molecule has 10 nitrogen and oxygen atoms in total. The van der Waals surface area contributed by atoms with Crippen LogP contribution >= 0.6 is 0 Å². The molecular weight excluding hydrogens is 566 g/mol. The highest BCUT2D eigenvalue weighted by atomic mass is 32.2. The number of carbonyl (C=O) groups is 1. The van der Waals surface area contributed by atoms with E-state index in [1.165, 1.54) is 6.07 Å². The summed E-state index contributed by atoms with van der Waals surface area (Å²) in [5.74, 6) is 0.499. The molecule has 11 heteroatoms. The lowest BCUT2D eigenvalue weighted by Crippen LogP contribution is -2.45. The summed E-state index contributed by atoms with van der Waals surface area (Å²) in [5.41, 5.74) is 3.68. The van der Waals surface area contributed by atoms with Crippen LogP contribution in [0.15, 0.2) is 65.7 Å². The molecule has 1 amide bonds. The average molecular weight is 602 g/mol. The summed E-state index contributed by atoms with van der Waals surface area (Å²) < 4.78 is 36.8. The minimum atomic E-state index is -3.68. The molecule has 0 aliphatic carbocycles. The number of nitrogens with one attached hydrogen (secondary N) is 1. The van der Waals surface area contributed by atoms with Gasteiger partial charge in [0.25, 0.3) is 5.91 Å². The van der Waals surface area contributed by atoms with Crippen molar-refractivity contribution in [2.45, 2.75) is 62.7 Å². The van der Waals surface area contributed by atoms with Gasteiger partial charge in [-0.15, -0.1) is 0 Å². The van der Waals surface area contributed by atoms with Gasteiger partial charge < -0.3 is 19.7 Å². The Morgan fingerprint density at radius 3 is 2.58 bits per heavy atom. The van der Waals surface area contributed by atoms with Crippen molar-refractivity contribution in [1.29, 1.82) is 0 Å². The Kier molecular flexibility index (Phi) is 7.66. The van der Waals surface area contributed by atoms with Crippen molar-refractivity contribution in [1.82, 2.24) is 20.3 Å². The van der Waals surface area contributed by atoms with Gasteiger partial charge in [0.2, 0.25) is 0 Å². The number of aromatic nitrogens is 3. The van der Waals surface area contributed by atoms with Crippen molar-refractivity contribution in [3.8, 4) is 11.4 Å². The predicted octanol–water partition coefficient (Wildman–Crippen LogP) is 4.32. The molecule has 5 heterocycles. The van der Waals surface area contributed by atoms with Gasteiger partial charge >= 0.3 is 0 Å². The lowest BCUT2D eigenvalue weighted by atomic mass is 10.1. The first-order chi connectivity index (χ1) is 20.5. The number of ether oxygens (including phenoxy) is 2. The number of nitrogens with zero attached hydrogens (tertiary/aromatic N) is 4. The molecule has 224 valence electrons. The van der Waals surface area contributed by atoms with Crippen molar-refractivity contribution in [3.05, 3.63) is 77.6 Å². The van der Waals surface area contributed by atoms with Gasteiger partial charge in [0.05, 0.1) is 64.2 Å². The number of anilines is 1. The fourth-order valence-electron chi connectivity index (χ4n) is 5.52. The van der Waals surface area contributed by atoms with Crippen molar-refractivity contribution in [2.24, 2.45) is 0 Å². The number of hydrogen-bond acceptors (Lipinski definition) is 9. The molecule has 0 radical (unpaired) electrons.